The molecule has 0 spiro atoms. The largest absolute Gasteiger partial charge is 0.398 e. The Morgan fingerprint density at radius 3 is 2.38 bits per heavy atom. The molecule has 0 aliphatic rings. The number of anilines is 1. The first-order valence-corrected chi connectivity index (χ1v) is 5.45. The van der Waals surface area contributed by atoms with Gasteiger partial charge in [0, 0.05) is 16.2 Å². The van der Waals surface area contributed by atoms with Crippen LogP contribution in [0, 0.1) is 0 Å². The minimum atomic E-state index is 0.308. The molecule has 0 saturated heterocycles. The molecule has 0 unspecified atom stereocenters. The lowest BCUT2D eigenvalue weighted by Gasteiger charge is -2.17. The van der Waals surface area contributed by atoms with Gasteiger partial charge in [-0.2, -0.15) is 11.8 Å². The maximum absolute atomic E-state index is 5.84. The van der Waals surface area contributed by atoms with E-state index in [9.17, 15) is 0 Å². The topological polar surface area (TPSA) is 26.0 Å². The van der Waals surface area contributed by atoms with E-state index >= 15 is 0 Å². The number of hydrogen-bond acceptors (Lipinski definition) is 2. The zero-order valence-corrected chi connectivity index (χ0v) is 9.32. The van der Waals surface area contributed by atoms with Crippen LogP contribution in [0.2, 0.25) is 0 Å². The van der Waals surface area contributed by atoms with Crippen molar-refractivity contribution in [2.24, 2.45) is 0 Å². The highest BCUT2D eigenvalue weighted by molar-refractivity contribution is 7.99. The average molecular weight is 195 g/mol. The summed E-state index contributed by atoms with van der Waals surface area (Å²) in [5, 5.41) is 0. The molecule has 0 atom stereocenters. The van der Waals surface area contributed by atoms with Crippen molar-refractivity contribution in [3.8, 4) is 0 Å². The Morgan fingerprint density at radius 1 is 1.23 bits per heavy atom. The van der Waals surface area contributed by atoms with Crippen LogP contribution in [0.4, 0.5) is 5.69 Å². The molecule has 1 rings (SSSR count). The van der Waals surface area contributed by atoms with Crippen LogP contribution in [0.5, 0.6) is 0 Å². The summed E-state index contributed by atoms with van der Waals surface area (Å²) < 4.78 is 0.308. The van der Waals surface area contributed by atoms with E-state index in [0.29, 0.717) is 4.75 Å². The second kappa shape index (κ2) is 4.05. The van der Waals surface area contributed by atoms with Gasteiger partial charge in [-0.1, -0.05) is 39.0 Å². The van der Waals surface area contributed by atoms with E-state index in [1.54, 1.807) is 0 Å². The van der Waals surface area contributed by atoms with E-state index in [4.69, 9.17) is 5.73 Å². The number of benzene rings is 1. The van der Waals surface area contributed by atoms with Gasteiger partial charge in [-0.15, -0.1) is 0 Å². The third-order valence-corrected chi connectivity index (χ3v) is 3.04. The van der Waals surface area contributed by atoms with Gasteiger partial charge in [0.2, 0.25) is 0 Å². The monoisotopic (exact) mass is 195 g/mol. The summed E-state index contributed by atoms with van der Waals surface area (Å²) in [5.74, 6) is 0.996. The van der Waals surface area contributed by atoms with E-state index in [1.807, 2.05) is 30.0 Å². The first-order valence-electron chi connectivity index (χ1n) is 4.46. The summed E-state index contributed by atoms with van der Waals surface area (Å²) >= 11 is 1.92. The third-order valence-electron chi connectivity index (χ3n) is 1.72. The van der Waals surface area contributed by atoms with Crippen LogP contribution in [-0.4, -0.2) is 4.75 Å². The van der Waals surface area contributed by atoms with Crippen LogP contribution < -0.4 is 5.73 Å². The Morgan fingerprint density at radius 2 is 1.85 bits per heavy atom. The van der Waals surface area contributed by atoms with Gasteiger partial charge in [0.1, 0.15) is 0 Å². The molecule has 0 bridgehead atoms. The molecule has 1 aromatic rings. The molecular formula is C11H17NS. The fraction of sp³-hybridized carbons (Fsp3) is 0.455. The maximum atomic E-state index is 5.84. The van der Waals surface area contributed by atoms with Crippen LogP contribution in [-0.2, 0) is 5.75 Å². The highest BCUT2D eigenvalue weighted by atomic mass is 32.2. The van der Waals surface area contributed by atoms with Crippen molar-refractivity contribution in [2.45, 2.75) is 31.3 Å². The molecule has 1 aromatic carbocycles. The van der Waals surface area contributed by atoms with Crippen molar-refractivity contribution in [3.05, 3.63) is 29.8 Å². The summed E-state index contributed by atoms with van der Waals surface area (Å²) in [7, 11) is 0. The van der Waals surface area contributed by atoms with Gasteiger partial charge in [-0.3, -0.25) is 0 Å². The molecule has 0 saturated carbocycles. The van der Waals surface area contributed by atoms with Gasteiger partial charge in [-0.05, 0) is 11.6 Å². The molecule has 0 radical (unpaired) electrons. The molecule has 0 aromatic heterocycles. The highest BCUT2D eigenvalue weighted by Gasteiger charge is 2.10. The lowest BCUT2D eigenvalue weighted by atomic mass is 10.2. The standard InChI is InChI=1S/C11H17NS/c1-11(2,3)13-8-9-6-4-5-7-10(9)12/h4-7H,8,12H2,1-3H3. The van der Waals surface area contributed by atoms with Crippen molar-refractivity contribution in [3.63, 3.8) is 0 Å². The lowest BCUT2D eigenvalue weighted by molar-refractivity contribution is 0.802. The van der Waals surface area contributed by atoms with Crippen molar-refractivity contribution in [2.75, 3.05) is 5.73 Å². The van der Waals surface area contributed by atoms with Gasteiger partial charge >= 0.3 is 0 Å². The van der Waals surface area contributed by atoms with E-state index in [2.05, 4.69) is 26.8 Å². The zero-order chi connectivity index (χ0) is 9.90. The maximum Gasteiger partial charge on any atom is 0.0355 e. The van der Waals surface area contributed by atoms with E-state index in [-0.39, 0.29) is 0 Å². The summed E-state index contributed by atoms with van der Waals surface area (Å²) in [4.78, 5) is 0. The smallest absolute Gasteiger partial charge is 0.0355 e. The molecule has 2 heteroatoms. The predicted octanol–water partition coefficient (Wildman–Crippen LogP) is 3.30. The molecule has 0 amide bonds. The van der Waals surface area contributed by atoms with Crippen molar-refractivity contribution in [1.82, 2.24) is 0 Å². The van der Waals surface area contributed by atoms with Crippen LogP contribution in [0.25, 0.3) is 0 Å². The quantitative estimate of drug-likeness (QED) is 0.733. The SMILES string of the molecule is CC(C)(C)SCc1ccccc1N. The number of hydrogen-bond donors (Lipinski definition) is 1. The number of nitrogen functional groups attached to an aromatic ring is 1. The van der Waals surface area contributed by atoms with E-state index in [1.165, 1.54) is 5.56 Å². The molecule has 1 nitrogen and oxygen atoms in total. The Bertz CT molecular complexity index is 276. The lowest BCUT2D eigenvalue weighted by Crippen LogP contribution is -2.08. The molecule has 0 aliphatic carbocycles. The van der Waals surface area contributed by atoms with E-state index < -0.39 is 0 Å². The Balaban J connectivity index is 2.60. The molecule has 0 aliphatic heterocycles. The number of para-hydroxylation sites is 1. The minimum absolute atomic E-state index is 0.308. The van der Waals surface area contributed by atoms with Crippen LogP contribution in [0.3, 0.4) is 0 Å². The van der Waals surface area contributed by atoms with Gasteiger partial charge in [0.05, 0.1) is 0 Å². The fourth-order valence-electron chi connectivity index (χ4n) is 0.960. The summed E-state index contributed by atoms with van der Waals surface area (Å²) in [5.41, 5.74) is 7.98. The first kappa shape index (κ1) is 10.5. The molecule has 72 valence electrons. The molecule has 0 fully saturated rings. The van der Waals surface area contributed by atoms with E-state index in [0.717, 1.165) is 11.4 Å². The number of thioether (sulfide) groups is 1. The fourth-order valence-corrected chi connectivity index (χ4v) is 1.81. The molecule has 2 N–H and O–H groups in total. The molecule has 13 heavy (non-hydrogen) atoms. The van der Waals surface area contributed by atoms with Crippen molar-refractivity contribution >= 4 is 17.4 Å². The molecule has 0 heterocycles. The normalized spacial score (nSPS) is 11.6. The van der Waals surface area contributed by atoms with Gasteiger partial charge in [-0.25, -0.2) is 0 Å². The highest BCUT2D eigenvalue weighted by Crippen LogP contribution is 2.28. The van der Waals surface area contributed by atoms with Gasteiger partial charge < -0.3 is 5.73 Å². The third kappa shape index (κ3) is 3.73. The van der Waals surface area contributed by atoms with Gasteiger partial charge in [0.15, 0.2) is 0 Å². The van der Waals surface area contributed by atoms with Crippen LogP contribution in [0.15, 0.2) is 24.3 Å². The Hall–Kier alpha value is -0.630. The van der Waals surface area contributed by atoms with Crippen molar-refractivity contribution in [1.29, 1.82) is 0 Å². The number of rotatable bonds is 2. The number of nitrogens with two attached hydrogens (primary N) is 1. The van der Waals surface area contributed by atoms with Crippen molar-refractivity contribution < 1.29 is 0 Å². The zero-order valence-electron chi connectivity index (χ0n) is 8.50. The summed E-state index contributed by atoms with van der Waals surface area (Å²) in [6, 6.07) is 8.06. The summed E-state index contributed by atoms with van der Waals surface area (Å²) in [6.45, 7) is 6.66. The Labute approximate surface area is 84.7 Å². The van der Waals surface area contributed by atoms with Gasteiger partial charge in [0.25, 0.3) is 0 Å². The summed E-state index contributed by atoms with van der Waals surface area (Å²) in [6.07, 6.45) is 0. The molecular weight excluding hydrogens is 178 g/mol. The first-order chi connectivity index (χ1) is 5.99. The van der Waals surface area contributed by atoms with Crippen LogP contribution >= 0.6 is 11.8 Å². The minimum Gasteiger partial charge on any atom is -0.398 e. The Kier molecular flexibility index (Phi) is 3.26. The predicted molar refractivity (Wildman–Crippen MR) is 61.9 cm³/mol. The average Bonchev–Trinajstić information content (AvgIpc) is 2.01. The second-order valence-electron chi connectivity index (χ2n) is 4.10. The van der Waals surface area contributed by atoms with Crippen LogP contribution in [0.1, 0.15) is 26.3 Å². The second-order valence-corrected chi connectivity index (χ2v) is 5.90.